The van der Waals surface area contributed by atoms with E-state index in [9.17, 15) is 18.0 Å². The van der Waals surface area contributed by atoms with Crippen molar-refractivity contribution in [2.45, 2.75) is 39.3 Å². The first-order valence-electron chi connectivity index (χ1n) is 10.5. The van der Waals surface area contributed by atoms with Gasteiger partial charge in [-0.2, -0.15) is 0 Å². The second-order valence-corrected chi connectivity index (χ2v) is 8.32. The molecule has 2 saturated heterocycles. The molecule has 0 aromatic carbocycles. The van der Waals surface area contributed by atoms with E-state index in [1.54, 1.807) is 9.80 Å². The number of pyridine rings is 1. The lowest BCUT2D eigenvalue weighted by atomic mass is 10.1. The Kier molecular flexibility index (Phi) is 4.94. The number of carbonyl (C=O) groups excluding carboxylic acids is 1. The van der Waals surface area contributed by atoms with Crippen molar-refractivity contribution in [3.8, 4) is 0 Å². The van der Waals surface area contributed by atoms with Crippen LogP contribution < -0.4 is 9.80 Å². The third-order valence-corrected chi connectivity index (χ3v) is 6.31. The quantitative estimate of drug-likeness (QED) is 0.740. The molecule has 164 valence electrons. The van der Waals surface area contributed by atoms with Gasteiger partial charge < -0.3 is 14.7 Å². The zero-order valence-electron chi connectivity index (χ0n) is 17.2. The molecule has 31 heavy (non-hydrogen) atoms. The fraction of sp³-hybridized carbons (Fsp3) is 0.524. The molecule has 5 rings (SSSR count). The maximum Gasteiger partial charge on any atom is 0.266 e. The summed E-state index contributed by atoms with van der Waals surface area (Å²) >= 11 is 0. The third-order valence-electron chi connectivity index (χ3n) is 6.31. The van der Waals surface area contributed by atoms with Crippen LogP contribution in [0.5, 0.6) is 0 Å². The molecule has 5 heterocycles. The average Bonchev–Trinajstić information content (AvgIpc) is 3.33. The van der Waals surface area contributed by atoms with Gasteiger partial charge in [0.05, 0.1) is 30.3 Å². The van der Waals surface area contributed by atoms with Crippen LogP contribution in [0.1, 0.15) is 41.9 Å². The van der Waals surface area contributed by atoms with E-state index in [4.69, 9.17) is 0 Å². The van der Waals surface area contributed by atoms with Crippen molar-refractivity contribution in [3.05, 3.63) is 40.7 Å². The van der Waals surface area contributed by atoms with Gasteiger partial charge in [0.1, 0.15) is 11.6 Å². The van der Waals surface area contributed by atoms with Crippen molar-refractivity contribution < 1.29 is 18.0 Å². The highest BCUT2D eigenvalue weighted by Gasteiger charge is 2.37. The number of fused-ring (bicyclic) bond motifs is 1. The Morgan fingerprint density at radius 3 is 2.65 bits per heavy atom. The summed E-state index contributed by atoms with van der Waals surface area (Å²) in [4.78, 5) is 31.9. The molecular formula is C21H23F3N6O. The molecular weight excluding hydrogens is 409 g/mol. The Balaban J connectivity index is 1.31. The smallest absolute Gasteiger partial charge is 0.266 e. The summed E-state index contributed by atoms with van der Waals surface area (Å²) in [5.41, 5.74) is 1.23. The number of aryl methyl sites for hydroxylation is 1. The van der Waals surface area contributed by atoms with Crippen LogP contribution in [-0.2, 0) is 17.9 Å². The predicted molar refractivity (Wildman–Crippen MR) is 107 cm³/mol. The molecule has 0 bridgehead atoms. The molecule has 0 radical (unpaired) electrons. The molecule has 0 aliphatic carbocycles. The maximum atomic E-state index is 14.5. The van der Waals surface area contributed by atoms with E-state index in [-0.39, 0.29) is 24.2 Å². The number of hydrogen-bond donors (Lipinski definition) is 0. The molecule has 0 N–H and O–H groups in total. The summed E-state index contributed by atoms with van der Waals surface area (Å²) in [5, 5.41) is 0. The minimum atomic E-state index is -2.91. The number of halogens is 3. The summed E-state index contributed by atoms with van der Waals surface area (Å²) in [5.74, 6) is 0.128. The lowest BCUT2D eigenvalue weighted by Gasteiger charge is -2.33. The van der Waals surface area contributed by atoms with Crippen molar-refractivity contribution in [1.82, 2.24) is 19.9 Å². The highest BCUT2D eigenvalue weighted by Crippen LogP contribution is 2.34. The highest BCUT2D eigenvalue weighted by molar-refractivity contribution is 5.81. The van der Waals surface area contributed by atoms with Crippen LogP contribution in [0.15, 0.2) is 12.3 Å². The number of carbonyl (C=O) groups is 1. The van der Waals surface area contributed by atoms with Gasteiger partial charge in [0.15, 0.2) is 11.6 Å². The van der Waals surface area contributed by atoms with Crippen molar-refractivity contribution in [2.24, 2.45) is 5.92 Å². The van der Waals surface area contributed by atoms with Crippen molar-refractivity contribution in [2.75, 3.05) is 36.0 Å². The van der Waals surface area contributed by atoms with E-state index in [0.29, 0.717) is 31.9 Å². The number of rotatable bonds is 4. The zero-order chi connectivity index (χ0) is 21.7. The van der Waals surface area contributed by atoms with E-state index in [1.165, 1.54) is 6.20 Å². The number of amides is 1. The zero-order valence-corrected chi connectivity index (χ0v) is 17.2. The van der Waals surface area contributed by atoms with Gasteiger partial charge in [0.25, 0.3) is 6.43 Å². The van der Waals surface area contributed by atoms with Gasteiger partial charge in [-0.15, -0.1) is 0 Å². The van der Waals surface area contributed by atoms with E-state index < -0.39 is 17.8 Å². The number of hydrogen-bond acceptors (Lipinski definition) is 6. The highest BCUT2D eigenvalue weighted by atomic mass is 19.3. The Morgan fingerprint density at radius 2 is 1.94 bits per heavy atom. The molecule has 0 saturated carbocycles. The van der Waals surface area contributed by atoms with Gasteiger partial charge in [0.2, 0.25) is 5.91 Å². The summed E-state index contributed by atoms with van der Waals surface area (Å²) < 4.78 is 40.5. The minimum Gasteiger partial charge on any atom is -0.356 e. The van der Waals surface area contributed by atoms with Crippen LogP contribution in [0.4, 0.5) is 24.8 Å². The standard InChI is InChI=1S/C21H23F3N6O/c1-12-26-16-11-30(10-15(16)19(27-12)28-6-2-7-28)21(31)13-4-8-29(9-13)20-17(22)14(18(23)24)3-5-25-20/h3,5,13,18H,2,4,6-11H2,1H3/t13-/m1/s1. The molecule has 2 fully saturated rings. The van der Waals surface area contributed by atoms with Crippen LogP contribution in [-0.4, -0.2) is 51.9 Å². The van der Waals surface area contributed by atoms with Gasteiger partial charge in [0, 0.05) is 37.9 Å². The number of alkyl halides is 2. The summed E-state index contributed by atoms with van der Waals surface area (Å²) in [7, 11) is 0. The lowest BCUT2D eigenvalue weighted by molar-refractivity contribution is -0.135. The minimum absolute atomic E-state index is 0.0295. The van der Waals surface area contributed by atoms with Crippen LogP contribution in [0.25, 0.3) is 0 Å². The van der Waals surface area contributed by atoms with Crippen molar-refractivity contribution in [1.29, 1.82) is 0 Å². The maximum absolute atomic E-state index is 14.5. The second kappa shape index (κ2) is 7.65. The average molecular weight is 432 g/mol. The summed E-state index contributed by atoms with van der Waals surface area (Å²) in [6.07, 6.45) is -0.0645. The summed E-state index contributed by atoms with van der Waals surface area (Å²) in [6, 6.07) is 0.988. The molecule has 7 nitrogen and oxygen atoms in total. The first-order valence-corrected chi connectivity index (χ1v) is 10.5. The largest absolute Gasteiger partial charge is 0.356 e. The molecule has 2 aromatic heterocycles. The van der Waals surface area contributed by atoms with Crippen LogP contribution in [0, 0.1) is 18.7 Å². The van der Waals surface area contributed by atoms with Gasteiger partial charge >= 0.3 is 0 Å². The topological polar surface area (TPSA) is 65.5 Å². The van der Waals surface area contributed by atoms with Gasteiger partial charge in [-0.25, -0.2) is 28.1 Å². The molecule has 0 unspecified atom stereocenters. The monoisotopic (exact) mass is 432 g/mol. The number of anilines is 2. The Labute approximate surface area is 177 Å². The molecule has 3 aliphatic rings. The van der Waals surface area contributed by atoms with Gasteiger partial charge in [-0.1, -0.05) is 0 Å². The first kappa shape index (κ1) is 20.0. The van der Waals surface area contributed by atoms with Crippen LogP contribution in [0.2, 0.25) is 0 Å². The molecule has 1 atom stereocenters. The predicted octanol–water partition coefficient (Wildman–Crippen LogP) is 2.84. The van der Waals surface area contributed by atoms with Crippen LogP contribution in [0.3, 0.4) is 0 Å². The Morgan fingerprint density at radius 1 is 1.13 bits per heavy atom. The lowest BCUT2D eigenvalue weighted by Crippen LogP contribution is -2.39. The first-order chi connectivity index (χ1) is 14.9. The number of aromatic nitrogens is 3. The third kappa shape index (κ3) is 3.47. The van der Waals surface area contributed by atoms with Gasteiger partial charge in [-0.05, 0) is 25.8 Å². The fourth-order valence-corrected chi connectivity index (χ4v) is 4.55. The van der Waals surface area contributed by atoms with E-state index in [2.05, 4.69) is 19.9 Å². The molecule has 2 aromatic rings. The molecule has 1 amide bonds. The van der Waals surface area contributed by atoms with Crippen LogP contribution >= 0.6 is 0 Å². The van der Waals surface area contributed by atoms with E-state index in [1.807, 2.05) is 6.92 Å². The van der Waals surface area contributed by atoms with Crippen molar-refractivity contribution in [3.63, 3.8) is 0 Å². The van der Waals surface area contributed by atoms with E-state index >= 15 is 0 Å². The Bertz CT molecular complexity index is 1030. The molecule has 0 spiro atoms. The fourth-order valence-electron chi connectivity index (χ4n) is 4.55. The second-order valence-electron chi connectivity index (χ2n) is 8.32. The number of nitrogens with zero attached hydrogens (tertiary/aromatic N) is 6. The van der Waals surface area contributed by atoms with Crippen molar-refractivity contribution >= 4 is 17.5 Å². The SMILES string of the molecule is Cc1nc2c(c(N3CCC3)n1)CN(C(=O)[C@@H]1CCN(c3nccc(C(F)F)c3F)C1)C2. The van der Waals surface area contributed by atoms with E-state index in [0.717, 1.165) is 42.7 Å². The summed E-state index contributed by atoms with van der Waals surface area (Å²) in [6.45, 7) is 5.33. The normalized spacial score (nSPS) is 20.4. The molecule has 10 heteroatoms. The Hall–Kier alpha value is -2.91. The van der Waals surface area contributed by atoms with Gasteiger partial charge in [-0.3, -0.25) is 4.79 Å². The molecule has 3 aliphatic heterocycles.